The smallest absolute Gasteiger partial charge is 0.237 e. The molecule has 1 aliphatic carbocycles. The SMILES string of the molecule is Cc1ccccc1C(C)NC(C)C(=O)NC1CCCCC1. The van der Waals surface area contributed by atoms with E-state index in [1.165, 1.54) is 30.4 Å². The second kappa shape index (κ2) is 7.60. The topological polar surface area (TPSA) is 41.1 Å². The summed E-state index contributed by atoms with van der Waals surface area (Å²) in [7, 11) is 0. The third kappa shape index (κ3) is 4.57. The fourth-order valence-electron chi connectivity index (χ4n) is 3.19. The summed E-state index contributed by atoms with van der Waals surface area (Å²) in [6.07, 6.45) is 6.06. The minimum Gasteiger partial charge on any atom is -0.352 e. The molecule has 1 aliphatic rings. The monoisotopic (exact) mass is 288 g/mol. The van der Waals surface area contributed by atoms with Crippen LogP contribution >= 0.6 is 0 Å². The molecule has 1 aromatic carbocycles. The van der Waals surface area contributed by atoms with Gasteiger partial charge in [0.15, 0.2) is 0 Å². The Morgan fingerprint density at radius 1 is 1.14 bits per heavy atom. The van der Waals surface area contributed by atoms with Gasteiger partial charge in [-0.1, -0.05) is 43.5 Å². The Kier molecular flexibility index (Phi) is 5.80. The van der Waals surface area contributed by atoms with Gasteiger partial charge in [-0.2, -0.15) is 0 Å². The normalized spacial score (nSPS) is 19.0. The lowest BCUT2D eigenvalue weighted by molar-refractivity contribution is -0.123. The lowest BCUT2D eigenvalue weighted by Gasteiger charge is -2.26. The van der Waals surface area contributed by atoms with Gasteiger partial charge in [-0.3, -0.25) is 10.1 Å². The van der Waals surface area contributed by atoms with Crippen LogP contribution in [0, 0.1) is 6.92 Å². The highest BCUT2D eigenvalue weighted by Crippen LogP contribution is 2.19. The number of rotatable bonds is 5. The molecular formula is C18H28N2O. The van der Waals surface area contributed by atoms with Gasteiger partial charge in [0.2, 0.25) is 5.91 Å². The molecule has 116 valence electrons. The van der Waals surface area contributed by atoms with Crippen molar-refractivity contribution in [2.75, 3.05) is 0 Å². The summed E-state index contributed by atoms with van der Waals surface area (Å²) in [5.41, 5.74) is 2.52. The molecule has 2 atom stereocenters. The number of hydrogen-bond acceptors (Lipinski definition) is 2. The molecule has 1 fully saturated rings. The second-order valence-corrected chi connectivity index (χ2v) is 6.31. The van der Waals surface area contributed by atoms with Crippen LogP contribution in [0.3, 0.4) is 0 Å². The van der Waals surface area contributed by atoms with E-state index in [1.807, 2.05) is 19.1 Å². The summed E-state index contributed by atoms with van der Waals surface area (Å²) in [5.74, 6) is 0.127. The molecule has 21 heavy (non-hydrogen) atoms. The third-order valence-electron chi connectivity index (χ3n) is 4.50. The van der Waals surface area contributed by atoms with Crippen molar-refractivity contribution >= 4 is 5.91 Å². The van der Waals surface area contributed by atoms with Gasteiger partial charge in [0.05, 0.1) is 6.04 Å². The van der Waals surface area contributed by atoms with E-state index in [1.54, 1.807) is 0 Å². The molecule has 3 heteroatoms. The Morgan fingerprint density at radius 3 is 2.48 bits per heavy atom. The Hall–Kier alpha value is -1.35. The van der Waals surface area contributed by atoms with Gasteiger partial charge in [-0.05, 0) is 44.7 Å². The molecule has 2 unspecified atom stereocenters. The minimum absolute atomic E-state index is 0.127. The summed E-state index contributed by atoms with van der Waals surface area (Å²) in [4.78, 5) is 12.3. The first-order valence-electron chi connectivity index (χ1n) is 8.20. The molecule has 1 aromatic rings. The van der Waals surface area contributed by atoms with Crippen LogP contribution in [-0.4, -0.2) is 18.0 Å². The first-order valence-corrected chi connectivity index (χ1v) is 8.20. The van der Waals surface area contributed by atoms with Crippen LogP contribution in [0.15, 0.2) is 24.3 Å². The lowest BCUT2D eigenvalue weighted by Crippen LogP contribution is -2.47. The second-order valence-electron chi connectivity index (χ2n) is 6.31. The summed E-state index contributed by atoms with van der Waals surface area (Å²) in [6.45, 7) is 6.18. The Morgan fingerprint density at radius 2 is 1.81 bits per heavy atom. The van der Waals surface area contributed by atoms with E-state index >= 15 is 0 Å². The maximum atomic E-state index is 12.3. The maximum Gasteiger partial charge on any atom is 0.237 e. The van der Waals surface area contributed by atoms with Gasteiger partial charge in [0.1, 0.15) is 0 Å². The van der Waals surface area contributed by atoms with Crippen molar-refractivity contribution in [1.29, 1.82) is 0 Å². The summed E-state index contributed by atoms with van der Waals surface area (Å²) in [6, 6.07) is 8.72. The van der Waals surface area contributed by atoms with Gasteiger partial charge in [-0.15, -0.1) is 0 Å². The van der Waals surface area contributed by atoms with Gasteiger partial charge in [-0.25, -0.2) is 0 Å². The number of carbonyl (C=O) groups is 1. The fourth-order valence-corrected chi connectivity index (χ4v) is 3.19. The average Bonchev–Trinajstić information content (AvgIpc) is 2.48. The van der Waals surface area contributed by atoms with Crippen LogP contribution in [0.2, 0.25) is 0 Å². The summed E-state index contributed by atoms with van der Waals surface area (Å²) < 4.78 is 0. The molecule has 3 nitrogen and oxygen atoms in total. The molecule has 0 saturated heterocycles. The quantitative estimate of drug-likeness (QED) is 0.871. The van der Waals surface area contributed by atoms with E-state index < -0.39 is 0 Å². The average molecular weight is 288 g/mol. The highest BCUT2D eigenvalue weighted by molar-refractivity contribution is 5.81. The van der Waals surface area contributed by atoms with E-state index in [-0.39, 0.29) is 18.0 Å². The van der Waals surface area contributed by atoms with Crippen molar-refractivity contribution < 1.29 is 4.79 Å². The zero-order chi connectivity index (χ0) is 15.2. The fraction of sp³-hybridized carbons (Fsp3) is 0.611. The molecule has 1 amide bonds. The highest BCUT2D eigenvalue weighted by Gasteiger charge is 2.21. The van der Waals surface area contributed by atoms with Crippen molar-refractivity contribution in [3.8, 4) is 0 Å². The first kappa shape index (κ1) is 16.0. The molecule has 0 aromatic heterocycles. The number of benzene rings is 1. The summed E-state index contributed by atoms with van der Waals surface area (Å²) in [5, 5.41) is 6.60. The van der Waals surface area contributed by atoms with Crippen molar-refractivity contribution in [1.82, 2.24) is 10.6 Å². The van der Waals surface area contributed by atoms with Crippen LogP contribution < -0.4 is 10.6 Å². The van der Waals surface area contributed by atoms with E-state index in [2.05, 4.69) is 36.6 Å². The largest absolute Gasteiger partial charge is 0.352 e. The lowest BCUT2D eigenvalue weighted by atomic mass is 9.95. The van der Waals surface area contributed by atoms with Gasteiger partial charge < -0.3 is 5.32 Å². The molecule has 2 N–H and O–H groups in total. The van der Waals surface area contributed by atoms with E-state index in [4.69, 9.17) is 0 Å². The molecular weight excluding hydrogens is 260 g/mol. The molecule has 0 aliphatic heterocycles. The molecule has 0 radical (unpaired) electrons. The molecule has 2 rings (SSSR count). The Bertz CT molecular complexity index is 466. The zero-order valence-corrected chi connectivity index (χ0v) is 13.5. The van der Waals surface area contributed by atoms with Crippen molar-refractivity contribution in [2.45, 2.75) is 71.0 Å². The first-order chi connectivity index (χ1) is 10.1. The van der Waals surface area contributed by atoms with E-state index in [0.717, 1.165) is 12.8 Å². The van der Waals surface area contributed by atoms with Crippen LogP contribution in [0.4, 0.5) is 0 Å². The maximum absolute atomic E-state index is 12.3. The van der Waals surface area contributed by atoms with Gasteiger partial charge >= 0.3 is 0 Å². The molecule has 0 heterocycles. The third-order valence-corrected chi connectivity index (χ3v) is 4.50. The number of hydrogen-bond donors (Lipinski definition) is 2. The highest BCUT2D eigenvalue weighted by atomic mass is 16.2. The molecule has 1 saturated carbocycles. The van der Waals surface area contributed by atoms with Crippen molar-refractivity contribution in [2.24, 2.45) is 0 Å². The number of nitrogens with one attached hydrogen (secondary N) is 2. The standard InChI is InChI=1S/C18H28N2O/c1-13-9-7-8-12-17(13)14(2)19-15(3)18(21)20-16-10-5-4-6-11-16/h7-9,12,14-16,19H,4-6,10-11H2,1-3H3,(H,20,21). The van der Waals surface area contributed by atoms with E-state index in [0.29, 0.717) is 6.04 Å². The van der Waals surface area contributed by atoms with Crippen LogP contribution in [-0.2, 0) is 4.79 Å². The zero-order valence-electron chi connectivity index (χ0n) is 13.5. The van der Waals surface area contributed by atoms with Crippen LogP contribution in [0.25, 0.3) is 0 Å². The van der Waals surface area contributed by atoms with Crippen LogP contribution in [0.5, 0.6) is 0 Å². The number of aryl methyl sites for hydroxylation is 1. The predicted octanol–water partition coefficient (Wildman–Crippen LogP) is 3.48. The molecule has 0 bridgehead atoms. The number of carbonyl (C=O) groups excluding carboxylic acids is 1. The van der Waals surface area contributed by atoms with E-state index in [9.17, 15) is 4.79 Å². The van der Waals surface area contributed by atoms with Crippen molar-refractivity contribution in [3.63, 3.8) is 0 Å². The Labute approximate surface area is 128 Å². The Balaban J connectivity index is 1.86. The predicted molar refractivity (Wildman–Crippen MR) is 87.2 cm³/mol. The minimum atomic E-state index is -0.165. The van der Waals surface area contributed by atoms with Crippen molar-refractivity contribution in [3.05, 3.63) is 35.4 Å². The summed E-state index contributed by atoms with van der Waals surface area (Å²) >= 11 is 0. The van der Waals surface area contributed by atoms with Crippen LogP contribution in [0.1, 0.15) is 63.1 Å². The van der Waals surface area contributed by atoms with Gasteiger partial charge in [0, 0.05) is 12.1 Å². The number of amides is 1. The van der Waals surface area contributed by atoms with Gasteiger partial charge in [0.25, 0.3) is 0 Å². The molecule has 0 spiro atoms.